The summed E-state index contributed by atoms with van der Waals surface area (Å²) < 4.78 is 51.3. The van der Waals surface area contributed by atoms with Gasteiger partial charge >= 0.3 is 6.18 Å². The van der Waals surface area contributed by atoms with E-state index in [9.17, 15) is 17.4 Å². The van der Waals surface area contributed by atoms with Gasteiger partial charge in [0.05, 0.1) is 10.8 Å². The van der Waals surface area contributed by atoms with Crippen molar-refractivity contribution in [3.05, 3.63) is 23.8 Å². The van der Waals surface area contributed by atoms with E-state index in [1.807, 2.05) is 0 Å². The minimum absolute atomic E-state index is 0.402. The maximum atomic E-state index is 11.8. The largest absolute Gasteiger partial charge is 0.411 e. The number of halogens is 3. The highest BCUT2D eigenvalue weighted by Gasteiger charge is 2.27. The van der Waals surface area contributed by atoms with Gasteiger partial charge in [-0.05, 0) is 30.7 Å². The van der Waals surface area contributed by atoms with Crippen LogP contribution in [0.15, 0.2) is 23.1 Å². The summed E-state index contributed by atoms with van der Waals surface area (Å²) in [6.07, 6.45) is -4.40. The van der Waals surface area contributed by atoms with Gasteiger partial charge in [-0.1, -0.05) is 0 Å². The molecule has 1 atom stereocenters. The molecule has 1 rings (SSSR count). The Balaban J connectivity index is 2.56. The molecule has 7 heteroatoms. The lowest BCUT2D eigenvalue weighted by Gasteiger charge is -2.08. The third-order valence-electron chi connectivity index (χ3n) is 1.96. The van der Waals surface area contributed by atoms with Crippen molar-refractivity contribution < 1.29 is 22.1 Å². The van der Waals surface area contributed by atoms with Crippen molar-refractivity contribution in [3.8, 4) is 0 Å². The van der Waals surface area contributed by atoms with E-state index in [-0.39, 0.29) is 0 Å². The SMILES string of the molecule is Cc1cc(S(=O)COCC(F)(F)F)ccc1N. The minimum Gasteiger partial charge on any atom is -0.399 e. The van der Waals surface area contributed by atoms with E-state index in [2.05, 4.69) is 4.74 Å². The van der Waals surface area contributed by atoms with Gasteiger partial charge < -0.3 is 10.5 Å². The van der Waals surface area contributed by atoms with E-state index in [0.29, 0.717) is 10.6 Å². The summed E-state index contributed by atoms with van der Waals surface area (Å²) in [5.74, 6) is -0.483. The maximum Gasteiger partial charge on any atom is 0.411 e. The normalized spacial score (nSPS) is 13.6. The fourth-order valence-corrected chi connectivity index (χ4v) is 1.99. The molecule has 0 saturated carbocycles. The molecule has 3 nitrogen and oxygen atoms in total. The van der Waals surface area contributed by atoms with Crippen LogP contribution in [-0.2, 0) is 15.5 Å². The third kappa shape index (κ3) is 4.74. The lowest BCUT2D eigenvalue weighted by atomic mass is 10.2. The molecule has 0 aliphatic carbocycles. The molecule has 0 spiro atoms. The first-order chi connectivity index (χ1) is 7.79. The molecule has 1 aromatic rings. The smallest absolute Gasteiger partial charge is 0.399 e. The van der Waals surface area contributed by atoms with Gasteiger partial charge in [-0.3, -0.25) is 4.21 Å². The topological polar surface area (TPSA) is 52.3 Å². The van der Waals surface area contributed by atoms with Crippen LogP contribution in [0, 0.1) is 6.92 Å². The van der Waals surface area contributed by atoms with Crippen LogP contribution in [0.25, 0.3) is 0 Å². The molecule has 17 heavy (non-hydrogen) atoms. The molecule has 0 saturated heterocycles. The highest BCUT2D eigenvalue weighted by Crippen LogP contribution is 2.17. The summed E-state index contributed by atoms with van der Waals surface area (Å²) in [4.78, 5) is 0.402. The predicted octanol–water partition coefficient (Wildman–Crippen LogP) is 2.22. The third-order valence-corrected chi connectivity index (χ3v) is 3.12. The van der Waals surface area contributed by atoms with Gasteiger partial charge in [0.2, 0.25) is 0 Å². The van der Waals surface area contributed by atoms with Crippen LogP contribution >= 0.6 is 0 Å². The Bertz CT molecular complexity index is 421. The number of hydrogen-bond donors (Lipinski definition) is 1. The van der Waals surface area contributed by atoms with Gasteiger partial charge in [0, 0.05) is 10.6 Å². The van der Waals surface area contributed by atoms with Gasteiger partial charge in [-0.25, -0.2) is 0 Å². The van der Waals surface area contributed by atoms with Crippen molar-refractivity contribution >= 4 is 16.5 Å². The van der Waals surface area contributed by atoms with Crippen molar-refractivity contribution in [3.63, 3.8) is 0 Å². The van der Waals surface area contributed by atoms with Crippen molar-refractivity contribution in [2.24, 2.45) is 0 Å². The highest BCUT2D eigenvalue weighted by molar-refractivity contribution is 7.84. The van der Waals surface area contributed by atoms with Crippen LogP contribution < -0.4 is 5.73 Å². The van der Waals surface area contributed by atoms with E-state index in [4.69, 9.17) is 5.73 Å². The van der Waals surface area contributed by atoms with E-state index in [0.717, 1.165) is 5.56 Å². The van der Waals surface area contributed by atoms with E-state index < -0.39 is 29.5 Å². The Morgan fingerprint density at radius 1 is 1.41 bits per heavy atom. The second-order valence-corrected chi connectivity index (χ2v) is 4.84. The zero-order chi connectivity index (χ0) is 13.1. The van der Waals surface area contributed by atoms with E-state index in [1.165, 1.54) is 6.07 Å². The Morgan fingerprint density at radius 2 is 2.06 bits per heavy atom. The van der Waals surface area contributed by atoms with Crippen molar-refractivity contribution in [2.75, 3.05) is 18.3 Å². The van der Waals surface area contributed by atoms with Gasteiger partial charge in [0.1, 0.15) is 12.5 Å². The summed E-state index contributed by atoms with van der Waals surface area (Å²) in [6.45, 7) is 0.333. The average molecular weight is 267 g/mol. The Hall–Kier alpha value is -1.08. The molecule has 96 valence electrons. The lowest BCUT2D eigenvalue weighted by molar-refractivity contribution is -0.169. The van der Waals surface area contributed by atoms with Crippen LogP contribution in [0.3, 0.4) is 0 Å². The molecule has 0 aliphatic rings. The monoisotopic (exact) mass is 267 g/mol. The number of ether oxygens (including phenoxy) is 1. The molecule has 1 aromatic carbocycles. The molecule has 0 radical (unpaired) electrons. The zero-order valence-corrected chi connectivity index (χ0v) is 9.90. The van der Waals surface area contributed by atoms with Gasteiger partial charge in [0.15, 0.2) is 0 Å². The first-order valence-electron chi connectivity index (χ1n) is 4.68. The Labute approximate surface area is 99.2 Å². The van der Waals surface area contributed by atoms with Crippen molar-refractivity contribution in [1.82, 2.24) is 0 Å². The molecule has 0 aromatic heterocycles. The first kappa shape index (κ1) is 14.0. The molecule has 2 N–H and O–H groups in total. The highest BCUT2D eigenvalue weighted by atomic mass is 32.2. The van der Waals surface area contributed by atoms with E-state index in [1.54, 1.807) is 19.1 Å². The maximum absolute atomic E-state index is 11.8. The Kier molecular flexibility index (Phi) is 4.53. The average Bonchev–Trinajstić information content (AvgIpc) is 2.20. The molecule has 1 unspecified atom stereocenters. The first-order valence-corrected chi connectivity index (χ1v) is 6.00. The van der Waals surface area contributed by atoms with Crippen LogP contribution in [0.4, 0.5) is 18.9 Å². The standard InChI is InChI=1S/C10H12F3NO2S/c1-7-4-8(2-3-9(7)14)17(15)6-16-5-10(11,12)13/h2-4H,5-6,14H2,1H3. The quantitative estimate of drug-likeness (QED) is 0.851. The number of nitrogens with two attached hydrogens (primary N) is 1. The summed E-state index contributed by atoms with van der Waals surface area (Å²) in [6, 6.07) is 4.64. The van der Waals surface area contributed by atoms with Crippen LogP contribution in [0.2, 0.25) is 0 Å². The molecule has 0 bridgehead atoms. The number of nitrogen functional groups attached to an aromatic ring is 1. The number of rotatable bonds is 4. The van der Waals surface area contributed by atoms with Crippen molar-refractivity contribution in [1.29, 1.82) is 0 Å². The van der Waals surface area contributed by atoms with Gasteiger partial charge in [-0.2, -0.15) is 13.2 Å². The second-order valence-electron chi connectivity index (χ2n) is 3.45. The number of hydrogen-bond acceptors (Lipinski definition) is 3. The number of benzene rings is 1. The molecular formula is C10H12F3NO2S. The van der Waals surface area contributed by atoms with E-state index >= 15 is 0 Å². The predicted molar refractivity (Wildman–Crippen MR) is 58.9 cm³/mol. The van der Waals surface area contributed by atoms with Crippen LogP contribution in [-0.4, -0.2) is 22.9 Å². The van der Waals surface area contributed by atoms with Gasteiger partial charge in [-0.15, -0.1) is 0 Å². The number of aryl methyl sites for hydroxylation is 1. The number of alkyl halides is 3. The number of anilines is 1. The zero-order valence-electron chi connectivity index (χ0n) is 9.08. The minimum atomic E-state index is -4.40. The van der Waals surface area contributed by atoms with Crippen LogP contribution in [0.5, 0.6) is 0 Å². The summed E-state index contributed by atoms with van der Waals surface area (Å²) in [7, 11) is -1.61. The molecule has 0 fully saturated rings. The fourth-order valence-electron chi connectivity index (χ4n) is 1.09. The van der Waals surface area contributed by atoms with Crippen molar-refractivity contribution in [2.45, 2.75) is 18.0 Å². The Morgan fingerprint density at radius 3 is 2.59 bits per heavy atom. The molecule has 0 heterocycles. The van der Waals surface area contributed by atoms with Gasteiger partial charge in [0.25, 0.3) is 0 Å². The van der Waals surface area contributed by atoms with Crippen LogP contribution in [0.1, 0.15) is 5.56 Å². The summed E-state index contributed by atoms with van der Waals surface area (Å²) in [5.41, 5.74) is 6.84. The fraction of sp³-hybridized carbons (Fsp3) is 0.400. The summed E-state index contributed by atoms with van der Waals surface area (Å²) >= 11 is 0. The molecular weight excluding hydrogens is 255 g/mol. The molecule has 0 amide bonds. The second kappa shape index (κ2) is 5.50. The summed E-state index contributed by atoms with van der Waals surface area (Å²) in [5, 5.41) is 0. The molecule has 0 aliphatic heterocycles. The lowest BCUT2D eigenvalue weighted by Crippen LogP contribution is -2.18.